The van der Waals surface area contributed by atoms with Crippen molar-refractivity contribution in [2.24, 2.45) is 4.99 Å². The van der Waals surface area contributed by atoms with Crippen molar-refractivity contribution in [3.05, 3.63) is 34.3 Å². The quantitative estimate of drug-likeness (QED) is 0.609. The van der Waals surface area contributed by atoms with Gasteiger partial charge in [-0.05, 0) is 42.5 Å². The maximum Gasteiger partial charge on any atom is 0.235 e. The summed E-state index contributed by atoms with van der Waals surface area (Å²) in [6, 6.07) is 5.65. The maximum absolute atomic E-state index is 10.6. The third kappa shape index (κ3) is 2.27. The Balaban J connectivity index is 2.47. The minimum Gasteiger partial charge on any atom is -0.380 e. The van der Waals surface area contributed by atoms with Gasteiger partial charge in [0, 0.05) is 12.1 Å². The van der Waals surface area contributed by atoms with Crippen molar-refractivity contribution in [2.75, 3.05) is 7.11 Å². The number of aliphatic imine (C=N–C) groups is 1. The van der Waals surface area contributed by atoms with E-state index in [0.717, 1.165) is 30.4 Å². The molecule has 4 heteroatoms. The van der Waals surface area contributed by atoms with Crippen molar-refractivity contribution >= 4 is 17.7 Å². The molecule has 3 nitrogen and oxygen atoms in total. The average molecular weight is 252 g/mol. The summed E-state index contributed by atoms with van der Waals surface area (Å²) in [5.74, 6) is 0. The Bertz CT molecular complexity index is 462. The normalized spacial score (nSPS) is 17.1. The van der Waals surface area contributed by atoms with Crippen LogP contribution in [0.3, 0.4) is 0 Å². The lowest BCUT2D eigenvalue weighted by atomic mass is 9.71. The molecule has 90 valence electrons. The first-order valence-corrected chi connectivity index (χ1v) is 5.96. The second-order valence-electron chi connectivity index (χ2n) is 4.32. The van der Waals surface area contributed by atoms with Gasteiger partial charge in [0.05, 0.1) is 12.1 Å². The molecule has 0 spiro atoms. The van der Waals surface area contributed by atoms with E-state index in [0.29, 0.717) is 11.6 Å². The zero-order valence-corrected chi connectivity index (χ0v) is 10.5. The maximum atomic E-state index is 10.6. The summed E-state index contributed by atoms with van der Waals surface area (Å²) in [7, 11) is 1.65. The van der Waals surface area contributed by atoms with Crippen molar-refractivity contribution in [2.45, 2.75) is 31.4 Å². The molecule has 0 aliphatic heterocycles. The van der Waals surface area contributed by atoms with Crippen LogP contribution in [0.25, 0.3) is 0 Å². The number of hydrogen-bond donors (Lipinski definition) is 0. The Morgan fingerprint density at radius 1 is 1.53 bits per heavy atom. The number of benzene rings is 1. The summed E-state index contributed by atoms with van der Waals surface area (Å²) in [6.07, 6.45) is 4.51. The molecule has 0 amide bonds. The van der Waals surface area contributed by atoms with Crippen LogP contribution in [0, 0.1) is 0 Å². The molecule has 1 aromatic rings. The molecule has 0 unspecified atom stereocenters. The van der Waals surface area contributed by atoms with Crippen molar-refractivity contribution in [1.29, 1.82) is 0 Å². The van der Waals surface area contributed by atoms with Gasteiger partial charge in [0.15, 0.2) is 0 Å². The lowest BCUT2D eigenvalue weighted by Crippen LogP contribution is -2.33. The van der Waals surface area contributed by atoms with Gasteiger partial charge in [-0.2, -0.15) is 4.99 Å². The van der Waals surface area contributed by atoms with Gasteiger partial charge in [-0.15, -0.1) is 0 Å². The number of isocyanates is 1. The molecule has 1 saturated carbocycles. The second kappa shape index (κ2) is 5.01. The summed E-state index contributed by atoms with van der Waals surface area (Å²) in [5, 5.41) is 0.659. The van der Waals surface area contributed by atoms with Crippen LogP contribution >= 0.6 is 11.6 Å². The molecule has 0 atom stereocenters. The molecule has 1 aromatic carbocycles. The number of carbonyl (C=O) groups excluding carboxylic acids is 1. The predicted molar refractivity (Wildman–Crippen MR) is 65.8 cm³/mol. The van der Waals surface area contributed by atoms with E-state index in [9.17, 15) is 4.79 Å². The second-order valence-corrected chi connectivity index (χ2v) is 4.76. The van der Waals surface area contributed by atoms with Gasteiger partial charge in [-0.3, -0.25) is 0 Å². The highest BCUT2D eigenvalue weighted by Crippen LogP contribution is 2.46. The standard InChI is InChI=1S/C13H14ClNO2/c1-17-8-10-3-4-11(14)7-12(10)13(15-9-16)5-2-6-13/h3-4,7H,2,5-6,8H2,1H3. The highest BCUT2D eigenvalue weighted by molar-refractivity contribution is 6.30. The summed E-state index contributed by atoms with van der Waals surface area (Å²) in [5.41, 5.74) is 1.62. The van der Waals surface area contributed by atoms with Crippen molar-refractivity contribution < 1.29 is 9.53 Å². The molecular weight excluding hydrogens is 238 g/mol. The van der Waals surface area contributed by atoms with Gasteiger partial charge in [0.2, 0.25) is 6.08 Å². The molecule has 1 aliphatic rings. The lowest BCUT2D eigenvalue weighted by Gasteiger charge is -2.38. The highest BCUT2D eigenvalue weighted by Gasteiger charge is 2.40. The Hall–Kier alpha value is -1.15. The van der Waals surface area contributed by atoms with E-state index in [-0.39, 0.29) is 0 Å². The van der Waals surface area contributed by atoms with Crippen LogP contribution in [0.15, 0.2) is 23.2 Å². The monoisotopic (exact) mass is 251 g/mol. The fourth-order valence-corrected chi connectivity index (χ4v) is 2.48. The average Bonchev–Trinajstić information content (AvgIpc) is 2.26. The van der Waals surface area contributed by atoms with Gasteiger partial charge in [0.25, 0.3) is 0 Å². The molecule has 17 heavy (non-hydrogen) atoms. The Morgan fingerprint density at radius 2 is 2.29 bits per heavy atom. The SMILES string of the molecule is COCc1ccc(Cl)cc1C1(N=C=O)CCC1. The number of methoxy groups -OCH3 is 1. The van der Waals surface area contributed by atoms with Crippen LogP contribution in [0.5, 0.6) is 0 Å². The van der Waals surface area contributed by atoms with Crippen LogP contribution in [0.4, 0.5) is 0 Å². The number of rotatable bonds is 4. The van der Waals surface area contributed by atoms with Crippen LogP contribution in [-0.2, 0) is 21.7 Å². The topological polar surface area (TPSA) is 38.7 Å². The molecule has 0 bridgehead atoms. The van der Waals surface area contributed by atoms with Crippen LogP contribution in [0.1, 0.15) is 30.4 Å². The zero-order chi connectivity index (χ0) is 12.3. The Labute approximate surface area is 105 Å². The molecular formula is C13H14ClNO2. The Kier molecular flexibility index (Phi) is 3.63. The predicted octanol–water partition coefficient (Wildman–Crippen LogP) is 3.20. The number of nitrogens with zero attached hydrogens (tertiary/aromatic N) is 1. The van der Waals surface area contributed by atoms with E-state index in [4.69, 9.17) is 16.3 Å². The molecule has 0 radical (unpaired) electrons. The van der Waals surface area contributed by atoms with Crippen LogP contribution in [0.2, 0.25) is 5.02 Å². The van der Waals surface area contributed by atoms with Gasteiger partial charge in [-0.1, -0.05) is 17.7 Å². The van der Waals surface area contributed by atoms with Crippen molar-refractivity contribution in [3.8, 4) is 0 Å². The zero-order valence-electron chi connectivity index (χ0n) is 9.70. The van der Waals surface area contributed by atoms with E-state index in [1.165, 1.54) is 0 Å². The number of hydrogen-bond acceptors (Lipinski definition) is 3. The summed E-state index contributed by atoms with van der Waals surface area (Å²) in [4.78, 5) is 14.6. The van der Waals surface area contributed by atoms with Crippen molar-refractivity contribution in [3.63, 3.8) is 0 Å². The van der Waals surface area contributed by atoms with Gasteiger partial charge in [-0.25, -0.2) is 4.79 Å². The van der Waals surface area contributed by atoms with Gasteiger partial charge in [0.1, 0.15) is 0 Å². The summed E-state index contributed by atoms with van der Waals surface area (Å²) < 4.78 is 5.17. The van der Waals surface area contributed by atoms with Crippen LogP contribution in [-0.4, -0.2) is 13.2 Å². The van der Waals surface area contributed by atoms with E-state index in [2.05, 4.69) is 4.99 Å². The fraction of sp³-hybridized carbons (Fsp3) is 0.462. The minimum atomic E-state index is -0.416. The molecule has 1 fully saturated rings. The van der Waals surface area contributed by atoms with E-state index >= 15 is 0 Å². The minimum absolute atomic E-state index is 0.416. The summed E-state index contributed by atoms with van der Waals surface area (Å²) >= 11 is 6.02. The molecule has 2 rings (SSSR count). The van der Waals surface area contributed by atoms with E-state index in [1.807, 2.05) is 18.2 Å². The van der Waals surface area contributed by atoms with E-state index in [1.54, 1.807) is 13.2 Å². The third-order valence-electron chi connectivity index (χ3n) is 3.31. The largest absolute Gasteiger partial charge is 0.380 e. The fourth-order valence-electron chi connectivity index (χ4n) is 2.30. The van der Waals surface area contributed by atoms with Gasteiger partial charge < -0.3 is 4.74 Å². The smallest absolute Gasteiger partial charge is 0.235 e. The van der Waals surface area contributed by atoms with E-state index < -0.39 is 5.54 Å². The first-order chi connectivity index (χ1) is 8.22. The first-order valence-electron chi connectivity index (χ1n) is 5.59. The van der Waals surface area contributed by atoms with Gasteiger partial charge >= 0.3 is 0 Å². The molecule has 0 N–H and O–H groups in total. The number of halogens is 1. The van der Waals surface area contributed by atoms with Crippen LogP contribution < -0.4 is 0 Å². The highest BCUT2D eigenvalue weighted by atomic mass is 35.5. The van der Waals surface area contributed by atoms with Crippen molar-refractivity contribution in [1.82, 2.24) is 0 Å². The Morgan fingerprint density at radius 3 is 2.82 bits per heavy atom. The molecule has 0 saturated heterocycles. The third-order valence-corrected chi connectivity index (χ3v) is 3.55. The number of ether oxygens (including phenoxy) is 1. The summed E-state index contributed by atoms with van der Waals surface area (Å²) in [6.45, 7) is 0.503. The molecule has 1 aliphatic carbocycles. The molecule has 0 heterocycles. The lowest BCUT2D eigenvalue weighted by molar-refractivity contribution is 0.178. The molecule has 0 aromatic heterocycles. The first kappa shape index (κ1) is 12.3.